The van der Waals surface area contributed by atoms with Crippen LogP contribution in [0.1, 0.15) is 16.2 Å². The van der Waals surface area contributed by atoms with Crippen LogP contribution in [0.5, 0.6) is 0 Å². The molecule has 0 radical (unpaired) electrons. The first-order valence-electron chi connectivity index (χ1n) is 8.76. The fraction of sp³-hybridized carbons (Fsp3) is 0.158. The minimum atomic E-state index is -0.509. The van der Waals surface area contributed by atoms with Gasteiger partial charge < -0.3 is 15.4 Å². The molecule has 2 amide bonds. The fourth-order valence-corrected chi connectivity index (χ4v) is 2.68. The van der Waals surface area contributed by atoms with Crippen LogP contribution in [0, 0.1) is 17.0 Å². The van der Waals surface area contributed by atoms with Gasteiger partial charge in [-0.2, -0.15) is 0 Å². The van der Waals surface area contributed by atoms with Gasteiger partial charge in [0, 0.05) is 30.6 Å². The minimum absolute atomic E-state index is 0.0575. The molecule has 11 heteroatoms. The SMILES string of the molecule is COCC(=O)Nc1ccc(NC(=O)c2nnn(-c3cccc([N+](=O)[O-])c3)c2C)cc1. The molecule has 154 valence electrons. The van der Waals surface area contributed by atoms with E-state index in [4.69, 9.17) is 4.74 Å². The number of nitrogens with one attached hydrogen (secondary N) is 2. The standard InChI is InChI=1S/C19H18N6O5/c1-12-18(22-23-24(12)15-4-3-5-16(10-15)25(28)29)19(27)21-14-8-6-13(7-9-14)20-17(26)11-30-2/h3-10H,11H2,1-2H3,(H,20,26)(H,21,27). The molecule has 1 heterocycles. The number of hydrogen-bond donors (Lipinski definition) is 2. The summed E-state index contributed by atoms with van der Waals surface area (Å²) in [6.07, 6.45) is 0. The van der Waals surface area contributed by atoms with Gasteiger partial charge >= 0.3 is 0 Å². The van der Waals surface area contributed by atoms with Crippen LogP contribution in [0.15, 0.2) is 48.5 Å². The van der Waals surface area contributed by atoms with E-state index in [0.29, 0.717) is 22.8 Å². The normalized spacial score (nSPS) is 10.5. The van der Waals surface area contributed by atoms with Gasteiger partial charge in [0.1, 0.15) is 6.61 Å². The lowest BCUT2D eigenvalue weighted by molar-refractivity contribution is -0.384. The molecule has 0 unspecified atom stereocenters. The highest BCUT2D eigenvalue weighted by Crippen LogP contribution is 2.19. The van der Waals surface area contributed by atoms with Gasteiger partial charge in [0.05, 0.1) is 16.3 Å². The van der Waals surface area contributed by atoms with Crippen LogP contribution < -0.4 is 10.6 Å². The number of carbonyl (C=O) groups excluding carboxylic acids is 2. The van der Waals surface area contributed by atoms with E-state index in [1.165, 1.54) is 30.0 Å². The highest BCUT2D eigenvalue weighted by Gasteiger charge is 2.18. The summed E-state index contributed by atoms with van der Waals surface area (Å²) in [6.45, 7) is 1.58. The molecule has 11 nitrogen and oxygen atoms in total. The van der Waals surface area contributed by atoms with Gasteiger partial charge in [-0.15, -0.1) is 5.10 Å². The van der Waals surface area contributed by atoms with Crippen molar-refractivity contribution in [3.8, 4) is 5.69 Å². The molecule has 0 aliphatic rings. The summed E-state index contributed by atoms with van der Waals surface area (Å²) >= 11 is 0. The molecule has 0 aliphatic carbocycles. The zero-order valence-electron chi connectivity index (χ0n) is 16.2. The molecule has 0 saturated carbocycles. The number of carbonyl (C=O) groups is 2. The lowest BCUT2D eigenvalue weighted by Crippen LogP contribution is -2.17. The molecule has 2 aromatic carbocycles. The Kier molecular flexibility index (Phi) is 6.13. The molecule has 3 rings (SSSR count). The molecule has 0 bridgehead atoms. The minimum Gasteiger partial charge on any atom is -0.375 e. The summed E-state index contributed by atoms with van der Waals surface area (Å²) < 4.78 is 6.10. The van der Waals surface area contributed by atoms with Gasteiger partial charge in [-0.25, -0.2) is 4.68 Å². The Balaban J connectivity index is 1.73. The molecular weight excluding hydrogens is 392 g/mol. The third kappa shape index (κ3) is 4.64. The summed E-state index contributed by atoms with van der Waals surface area (Å²) in [5.74, 6) is -0.775. The number of amides is 2. The first-order chi connectivity index (χ1) is 14.4. The van der Waals surface area contributed by atoms with Gasteiger partial charge in [-0.1, -0.05) is 11.3 Å². The molecule has 0 aliphatic heterocycles. The molecule has 1 aromatic heterocycles. The summed E-state index contributed by atoms with van der Waals surface area (Å²) in [5.41, 5.74) is 1.89. The van der Waals surface area contributed by atoms with Crippen molar-refractivity contribution >= 4 is 28.9 Å². The number of ether oxygens (including phenoxy) is 1. The van der Waals surface area contributed by atoms with Crippen molar-refractivity contribution in [2.45, 2.75) is 6.92 Å². The molecule has 30 heavy (non-hydrogen) atoms. The number of nitro benzene ring substituents is 1. The van der Waals surface area contributed by atoms with Crippen molar-refractivity contribution in [2.75, 3.05) is 24.4 Å². The Morgan fingerprint density at radius 2 is 1.80 bits per heavy atom. The lowest BCUT2D eigenvalue weighted by atomic mass is 10.2. The molecule has 2 N–H and O–H groups in total. The number of anilines is 2. The summed E-state index contributed by atoms with van der Waals surface area (Å²) in [7, 11) is 1.43. The van der Waals surface area contributed by atoms with E-state index in [1.807, 2.05) is 0 Å². The molecular formula is C19H18N6O5. The van der Waals surface area contributed by atoms with E-state index in [9.17, 15) is 19.7 Å². The van der Waals surface area contributed by atoms with E-state index in [1.54, 1.807) is 37.3 Å². The number of rotatable bonds is 7. The average Bonchev–Trinajstić information content (AvgIpc) is 3.11. The number of nitrogens with zero attached hydrogens (tertiary/aromatic N) is 4. The van der Waals surface area contributed by atoms with Crippen LogP contribution in [0.25, 0.3) is 5.69 Å². The Labute approximate surface area is 170 Å². The number of methoxy groups -OCH3 is 1. The zero-order chi connectivity index (χ0) is 21.7. The second-order valence-corrected chi connectivity index (χ2v) is 6.22. The van der Waals surface area contributed by atoms with E-state index >= 15 is 0 Å². The largest absolute Gasteiger partial charge is 0.375 e. The van der Waals surface area contributed by atoms with Crippen molar-refractivity contribution < 1.29 is 19.2 Å². The van der Waals surface area contributed by atoms with Crippen LogP contribution >= 0.6 is 0 Å². The van der Waals surface area contributed by atoms with Crippen molar-refractivity contribution in [3.05, 3.63) is 70.0 Å². The Morgan fingerprint density at radius 1 is 1.13 bits per heavy atom. The van der Waals surface area contributed by atoms with Crippen molar-refractivity contribution in [3.63, 3.8) is 0 Å². The van der Waals surface area contributed by atoms with E-state index in [2.05, 4.69) is 20.9 Å². The highest BCUT2D eigenvalue weighted by molar-refractivity contribution is 6.03. The smallest absolute Gasteiger partial charge is 0.278 e. The van der Waals surface area contributed by atoms with Crippen LogP contribution in [0.3, 0.4) is 0 Å². The van der Waals surface area contributed by atoms with Gasteiger partial charge in [-0.05, 0) is 37.3 Å². The van der Waals surface area contributed by atoms with Crippen LogP contribution in [0.2, 0.25) is 0 Å². The highest BCUT2D eigenvalue weighted by atomic mass is 16.6. The molecule has 0 fully saturated rings. The summed E-state index contributed by atoms with van der Waals surface area (Å²) in [5, 5.41) is 24.2. The molecule has 3 aromatic rings. The Hall–Kier alpha value is -4.12. The molecule has 0 atom stereocenters. The third-order valence-electron chi connectivity index (χ3n) is 4.10. The summed E-state index contributed by atoms with van der Waals surface area (Å²) in [6, 6.07) is 12.4. The number of hydrogen-bond acceptors (Lipinski definition) is 7. The summed E-state index contributed by atoms with van der Waals surface area (Å²) in [4.78, 5) is 34.6. The van der Waals surface area contributed by atoms with Gasteiger partial charge in [-0.3, -0.25) is 19.7 Å². The maximum absolute atomic E-state index is 12.6. The quantitative estimate of drug-likeness (QED) is 0.450. The van der Waals surface area contributed by atoms with Gasteiger partial charge in [0.25, 0.3) is 11.6 Å². The van der Waals surface area contributed by atoms with Crippen molar-refractivity contribution in [1.82, 2.24) is 15.0 Å². The first kappa shape index (κ1) is 20.6. The number of aromatic nitrogens is 3. The number of non-ortho nitro benzene ring substituents is 1. The maximum atomic E-state index is 12.6. The molecule has 0 spiro atoms. The van der Waals surface area contributed by atoms with Gasteiger partial charge in [0.2, 0.25) is 5.91 Å². The third-order valence-corrected chi connectivity index (χ3v) is 4.10. The fourth-order valence-electron chi connectivity index (χ4n) is 2.68. The monoisotopic (exact) mass is 410 g/mol. The Bertz CT molecular complexity index is 1090. The van der Waals surface area contributed by atoms with Gasteiger partial charge in [0.15, 0.2) is 5.69 Å². The predicted octanol–water partition coefficient (Wildman–Crippen LogP) is 2.32. The molecule has 0 saturated heterocycles. The Morgan fingerprint density at radius 3 is 2.43 bits per heavy atom. The van der Waals surface area contributed by atoms with Crippen LogP contribution in [-0.4, -0.2) is 45.4 Å². The lowest BCUT2D eigenvalue weighted by Gasteiger charge is -2.07. The van der Waals surface area contributed by atoms with Crippen molar-refractivity contribution in [1.29, 1.82) is 0 Å². The second-order valence-electron chi connectivity index (χ2n) is 6.22. The first-order valence-corrected chi connectivity index (χ1v) is 8.76. The van der Waals surface area contributed by atoms with Crippen molar-refractivity contribution in [2.24, 2.45) is 0 Å². The topological polar surface area (TPSA) is 141 Å². The maximum Gasteiger partial charge on any atom is 0.278 e. The van der Waals surface area contributed by atoms with E-state index < -0.39 is 10.8 Å². The van der Waals surface area contributed by atoms with Crippen LogP contribution in [0.4, 0.5) is 17.1 Å². The average molecular weight is 410 g/mol. The predicted molar refractivity (Wildman–Crippen MR) is 108 cm³/mol. The van der Waals surface area contributed by atoms with Crippen LogP contribution in [-0.2, 0) is 9.53 Å². The number of nitro groups is 1. The van der Waals surface area contributed by atoms with E-state index in [0.717, 1.165) is 0 Å². The number of benzene rings is 2. The van der Waals surface area contributed by atoms with E-state index in [-0.39, 0.29) is 23.9 Å². The second kappa shape index (κ2) is 8.92. The zero-order valence-corrected chi connectivity index (χ0v) is 16.2.